The molecule has 0 radical (unpaired) electrons. The number of amides is 3. The van der Waals surface area contributed by atoms with Crippen molar-refractivity contribution in [2.24, 2.45) is 11.3 Å². The lowest BCUT2D eigenvalue weighted by Gasteiger charge is -2.42. The molecule has 2 aromatic rings. The van der Waals surface area contributed by atoms with Crippen molar-refractivity contribution in [3.63, 3.8) is 0 Å². The van der Waals surface area contributed by atoms with Gasteiger partial charge in [0.1, 0.15) is 5.75 Å². The Morgan fingerprint density at radius 3 is 2.38 bits per heavy atom. The quantitative estimate of drug-likeness (QED) is 0.590. The molecule has 2 aromatic carbocycles. The lowest BCUT2D eigenvalue weighted by atomic mass is 9.73. The molecule has 3 aliphatic rings. The maximum Gasteiger partial charge on any atom is 0.254 e. The lowest BCUT2D eigenvalue weighted by molar-refractivity contribution is -0.144. The summed E-state index contributed by atoms with van der Waals surface area (Å²) in [4.78, 5) is 43.8. The topological polar surface area (TPSA) is 79.0 Å². The summed E-state index contributed by atoms with van der Waals surface area (Å²) in [5, 5.41) is 3.19. The van der Waals surface area contributed by atoms with Gasteiger partial charge in [-0.2, -0.15) is 0 Å². The largest absolute Gasteiger partial charge is 0.493 e. The third-order valence-electron chi connectivity index (χ3n) is 9.21. The Morgan fingerprint density at radius 1 is 0.875 bits per heavy atom. The lowest BCUT2D eigenvalue weighted by Crippen LogP contribution is -2.52. The van der Waals surface area contributed by atoms with Gasteiger partial charge >= 0.3 is 0 Å². The molecule has 7 heteroatoms. The second-order valence-electron chi connectivity index (χ2n) is 11.8. The average Bonchev–Trinajstić information content (AvgIpc) is 3.00. The summed E-state index contributed by atoms with van der Waals surface area (Å²) in [6.45, 7) is 5.62. The number of ether oxygens (including phenoxy) is 1. The third kappa shape index (κ3) is 6.34. The molecule has 0 atom stereocenters. The summed E-state index contributed by atoms with van der Waals surface area (Å²) >= 11 is 0. The van der Waals surface area contributed by atoms with Crippen LogP contribution in [0.1, 0.15) is 72.9 Å². The highest BCUT2D eigenvalue weighted by Crippen LogP contribution is 2.38. The Balaban J connectivity index is 1.15. The van der Waals surface area contributed by atoms with Crippen molar-refractivity contribution < 1.29 is 19.1 Å². The van der Waals surface area contributed by atoms with Gasteiger partial charge in [-0.25, -0.2) is 0 Å². The molecule has 2 saturated heterocycles. The van der Waals surface area contributed by atoms with Crippen LogP contribution in [0.2, 0.25) is 0 Å². The highest BCUT2D eigenvalue weighted by molar-refractivity contribution is 5.95. The zero-order valence-corrected chi connectivity index (χ0v) is 23.8. The monoisotopic (exact) mass is 545 g/mol. The number of hydrogen-bond donors (Lipinski definition) is 1. The van der Waals surface area contributed by atoms with E-state index in [1.165, 1.54) is 5.56 Å². The van der Waals surface area contributed by atoms with Gasteiger partial charge in [0.25, 0.3) is 5.91 Å². The van der Waals surface area contributed by atoms with E-state index in [0.717, 1.165) is 49.0 Å². The molecular formula is C33H43N3O4. The Labute approximate surface area is 238 Å². The summed E-state index contributed by atoms with van der Waals surface area (Å²) in [5.41, 5.74) is 2.56. The first kappa shape index (κ1) is 28.2. The van der Waals surface area contributed by atoms with E-state index < -0.39 is 5.41 Å². The smallest absolute Gasteiger partial charge is 0.254 e. The molecule has 0 unspecified atom stereocenters. The second-order valence-corrected chi connectivity index (χ2v) is 11.8. The molecular weight excluding hydrogens is 502 g/mol. The molecule has 3 aliphatic heterocycles. The van der Waals surface area contributed by atoms with Gasteiger partial charge in [-0.3, -0.25) is 14.4 Å². The highest BCUT2D eigenvalue weighted by Gasteiger charge is 2.42. The molecule has 1 N–H and O–H groups in total. The van der Waals surface area contributed by atoms with E-state index in [1.807, 2.05) is 53.1 Å². The Hall–Kier alpha value is -3.35. The normalized spacial score (nSPS) is 20.8. The molecule has 3 heterocycles. The van der Waals surface area contributed by atoms with Crippen molar-refractivity contribution in [3.05, 3.63) is 65.2 Å². The van der Waals surface area contributed by atoms with Crippen molar-refractivity contribution >= 4 is 17.7 Å². The molecule has 1 spiro atoms. The number of benzene rings is 2. The third-order valence-corrected chi connectivity index (χ3v) is 9.21. The van der Waals surface area contributed by atoms with E-state index in [9.17, 15) is 14.4 Å². The van der Waals surface area contributed by atoms with E-state index in [-0.39, 0.29) is 23.6 Å². The van der Waals surface area contributed by atoms with Crippen LogP contribution in [0.15, 0.2) is 48.5 Å². The minimum Gasteiger partial charge on any atom is -0.493 e. The number of fused-ring (bicyclic) bond motifs is 1. The Kier molecular flexibility index (Phi) is 9.08. The van der Waals surface area contributed by atoms with E-state index in [1.54, 1.807) is 0 Å². The number of rotatable bonds is 2. The summed E-state index contributed by atoms with van der Waals surface area (Å²) < 4.78 is 6.00. The highest BCUT2D eigenvalue weighted by atomic mass is 16.5. The first-order chi connectivity index (χ1) is 19.5. The molecule has 0 bridgehead atoms. The van der Waals surface area contributed by atoms with Gasteiger partial charge in [0, 0.05) is 44.2 Å². The number of aryl methyl sites for hydroxylation is 2. The fourth-order valence-corrected chi connectivity index (χ4v) is 6.59. The van der Waals surface area contributed by atoms with Crippen molar-refractivity contribution in [1.29, 1.82) is 0 Å². The van der Waals surface area contributed by atoms with Crippen LogP contribution in [-0.4, -0.2) is 66.9 Å². The SMILES string of the molecule is Cc1ccccc1C(=O)N1CCC(C(=O)N2CCC3(CCCCc4ccccc4OCCCNC3=O)CC2)CC1. The zero-order chi connectivity index (χ0) is 28.0. The van der Waals surface area contributed by atoms with Crippen molar-refractivity contribution in [2.45, 2.75) is 64.7 Å². The number of para-hydroxylation sites is 1. The number of nitrogens with zero attached hydrogens (tertiary/aromatic N) is 2. The number of carbonyl (C=O) groups is 3. The van der Waals surface area contributed by atoms with E-state index in [4.69, 9.17) is 4.74 Å². The van der Waals surface area contributed by atoms with Gasteiger partial charge in [-0.05, 0) is 81.5 Å². The van der Waals surface area contributed by atoms with Crippen LogP contribution in [0.5, 0.6) is 5.75 Å². The fourth-order valence-electron chi connectivity index (χ4n) is 6.59. The summed E-state index contributed by atoms with van der Waals surface area (Å²) in [6.07, 6.45) is 7.37. The van der Waals surface area contributed by atoms with Gasteiger partial charge in [0.2, 0.25) is 11.8 Å². The molecule has 0 aliphatic carbocycles. The van der Waals surface area contributed by atoms with Crippen molar-refractivity contribution in [2.75, 3.05) is 39.3 Å². The first-order valence-electron chi connectivity index (χ1n) is 15.1. The summed E-state index contributed by atoms with van der Waals surface area (Å²) in [6, 6.07) is 15.9. The minimum atomic E-state index is -0.408. The van der Waals surface area contributed by atoms with Gasteiger partial charge in [-0.15, -0.1) is 0 Å². The Morgan fingerprint density at radius 2 is 1.60 bits per heavy atom. The van der Waals surface area contributed by atoms with Crippen molar-refractivity contribution in [3.8, 4) is 5.75 Å². The molecule has 7 nitrogen and oxygen atoms in total. The summed E-state index contributed by atoms with van der Waals surface area (Å²) in [5.74, 6) is 1.29. The first-order valence-corrected chi connectivity index (χ1v) is 15.1. The van der Waals surface area contributed by atoms with Gasteiger partial charge in [-0.1, -0.05) is 42.8 Å². The minimum absolute atomic E-state index is 0.0519. The average molecular weight is 546 g/mol. The van der Waals surface area contributed by atoms with Crippen LogP contribution >= 0.6 is 0 Å². The van der Waals surface area contributed by atoms with Crippen LogP contribution < -0.4 is 10.1 Å². The Bertz CT molecular complexity index is 1200. The zero-order valence-electron chi connectivity index (χ0n) is 23.8. The summed E-state index contributed by atoms with van der Waals surface area (Å²) in [7, 11) is 0. The number of likely N-dealkylation sites (tertiary alicyclic amines) is 2. The molecule has 0 saturated carbocycles. The predicted molar refractivity (Wildman–Crippen MR) is 155 cm³/mol. The van der Waals surface area contributed by atoms with Crippen LogP contribution in [0.3, 0.4) is 0 Å². The van der Waals surface area contributed by atoms with Crippen LogP contribution in [-0.2, 0) is 16.0 Å². The fraction of sp³-hybridized carbons (Fsp3) is 0.545. The maximum atomic E-state index is 13.5. The number of piperidine rings is 2. The van der Waals surface area contributed by atoms with Gasteiger partial charge in [0.15, 0.2) is 0 Å². The van der Waals surface area contributed by atoms with Gasteiger partial charge in [0.05, 0.1) is 12.0 Å². The molecule has 3 amide bonds. The van der Waals surface area contributed by atoms with Gasteiger partial charge < -0.3 is 19.9 Å². The van der Waals surface area contributed by atoms with Crippen LogP contribution in [0.25, 0.3) is 0 Å². The van der Waals surface area contributed by atoms with Crippen molar-refractivity contribution in [1.82, 2.24) is 15.1 Å². The van der Waals surface area contributed by atoms with Crippen LogP contribution in [0.4, 0.5) is 0 Å². The standard InChI is InChI=1S/C33H43N3O4/c1-25-9-2-4-12-28(25)31(38)35-20-14-27(15-21-35)30(37)36-22-17-33(18-23-36)16-7-6-11-26-10-3-5-13-29(26)40-24-8-19-34-32(33)39/h2-5,9-10,12-13,27H,6-8,11,14-24H2,1H3,(H,34,39). The van der Waals surface area contributed by atoms with E-state index in [2.05, 4.69) is 17.4 Å². The molecule has 0 aromatic heterocycles. The maximum absolute atomic E-state index is 13.5. The molecule has 2 fully saturated rings. The van der Waals surface area contributed by atoms with E-state index in [0.29, 0.717) is 65.0 Å². The number of hydrogen-bond acceptors (Lipinski definition) is 4. The molecule has 214 valence electrons. The molecule has 5 rings (SSSR count). The molecule has 40 heavy (non-hydrogen) atoms. The second kappa shape index (κ2) is 12.9. The number of nitrogens with one attached hydrogen (secondary N) is 1. The van der Waals surface area contributed by atoms with E-state index >= 15 is 0 Å². The number of carbonyl (C=O) groups excluding carboxylic acids is 3. The predicted octanol–water partition coefficient (Wildman–Crippen LogP) is 4.77. The van der Waals surface area contributed by atoms with Crippen LogP contribution in [0, 0.1) is 18.3 Å².